The molecule has 3 aromatic carbocycles. The number of carbonyl (C=O) groups excluding carboxylic acids is 3. The summed E-state index contributed by atoms with van der Waals surface area (Å²) in [5.41, 5.74) is 3.04. The van der Waals surface area contributed by atoms with Crippen LogP contribution in [0.2, 0.25) is 0 Å². The first kappa shape index (κ1) is 65.3. The normalized spacial score (nSPS) is 14.1. The predicted octanol–water partition coefficient (Wildman–Crippen LogP) is 4.41. The van der Waals surface area contributed by atoms with E-state index in [-0.39, 0.29) is 75.1 Å². The number of phenols is 2. The number of carboxylic acid groups (broad SMARTS) is 4. The zero-order valence-corrected chi connectivity index (χ0v) is 47.8. The minimum absolute atomic E-state index is 0.00617. The van der Waals surface area contributed by atoms with Gasteiger partial charge in [-0.2, -0.15) is 0 Å². The van der Waals surface area contributed by atoms with Gasteiger partial charge in [-0.05, 0) is 87.9 Å². The quantitative estimate of drug-likeness (QED) is 0.0245. The Morgan fingerprint density at radius 1 is 0.706 bits per heavy atom. The molecular formula is C58H79N13O14. The number of phenolic OH excluding ortho intramolecular Hbond substituents is 2. The van der Waals surface area contributed by atoms with Gasteiger partial charge in [-0.15, -0.1) is 5.10 Å². The maximum Gasteiger partial charge on any atom is 0.326 e. The van der Waals surface area contributed by atoms with Crippen molar-refractivity contribution in [3.8, 4) is 17.2 Å². The SMILES string of the molecule is CCN1CCN(CCN(Cc2ccccc2O)C(=O)NCCCn2cc(COc3ccc(CN(CCCCCC(=O)NCCCCC(NC(=O)NC(CCC(=O)O)C(=O)O)C(=O)O)Cc4nccn4CC(=O)O)cc3)nn2)C1c1ccccc1O. The lowest BCUT2D eigenvalue weighted by atomic mass is 10.1. The molecule has 460 valence electrons. The van der Waals surface area contributed by atoms with Crippen LogP contribution in [0.4, 0.5) is 9.59 Å². The molecule has 0 aliphatic carbocycles. The number of carboxylic acids is 4. The Bertz CT molecular complexity index is 2960. The topological polar surface area (TPSA) is 360 Å². The van der Waals surface area contributed by atoms with Gasteiger partial charge >= 0.3 is 35.9 Å². The fourth-order valence-corrected chi connectivity index (χ4v) is 9.84. The van der Waals surface area contributed by atoms with Gasteiger partial charge in [0.25, 0.3) is 0 Å². The van der Waals surface area contributed by atoms with E-state index in [4.69, 9.17) is 9.84 Å². The second kappa shape index (κ2) is 34.1. The third-order valence-corrected chi connectivity index (χ3v) is 14.4. The molecule has 10 N–H and O–H groups in total. The maximum absolute atomic E-state index is 13.8. The van der Waals surface area contributed by atoms with E-state index >= 15 is 0 Å². The molecule has 0 saturated carbocycles. The number of ether oxygens (including phenoxy) is 1. The zero-order valence-electron chi connectivity index (χ0n) is 47.8. The number of para-hydroxylation sites is 2. The molecule has 0 bridgehead atoms. The number of rotatable bonds is 38. The summed E-state index contributed by atoms with van der Waals surface area (Å²) in [6.07, 6.45) is 7.60. The number of likely N-dealkylation sites (N-methyl/N-ethyl adjacent to an activating group) is 1. The summed E-state index contributed by atoms with van der Waals surface area (Å²) < 4.78 is 9.35. The van der Waals surface area contributed by atoms with E-state index in [0.717, 1.165) is 43.6 Å². The van der Waals surface area contributed by atoms with E-state index in [1.165, 1.54) is 0 Å². The van der Waals surface area contributed by atoms with Crippen molar-refractivity contribution in [2.24, 2.45) is 0 Å². The molecule has 85 heavy (non-hydrogen) atoms. The largest absolute Gasteiger partial charge is 0.508 e. The maximum atomic E-state index is 13.8. The second-order valence-corrected chi connectivity index (χ2v) is 20.7. The van der Waals surface area contributed by atoms with Gasteiger partial charge in [-0.25, -0.2) is 24.2 Å². The molecule has 1 saturated heterocycles. The third kappa shape index (κ3) is 22.0. The van der Waals surface area contributed by atoms with Crippen molar-refractivity contribution < 1.29 is 68.9 Å². The van der Waals surface area contributed by atoms with Crippen LogP contribution in [-0.2, 0) is 63.3 Å². The summed E-state index contributed by atoms with van der Waals surface area (Å²) in [4.78, 5) is 97.0. The van der Waals surface area contributed by atoms with Crippen LogP contribution in [-0.4, -0.2) is 181 Å². The Kier molecular flexibility index (Phi) is 26.2. The Labute approximate surface area is 492 Å². The highest BCUT2D eigenvalue weighted by molar-refractivity contribution is 5.86. The van der Waals surface area contributed by atoms with Crippen molar-refractivity contribution in [2.75, 3.05) is 52.4 Å². The molecular weight excluding hydrogens is 1100 g/mol. The smallest absolute Gasteiger partial charge is 0.326 e. The molecule has 3 atom stereocenters. The minimum Gasteiger partial charge on any atom is -0.508 e. The number of aryl methyl sites for hydroxylation is 1. The number of nitrogens with one attached hydrogen (secondary N) is 4. The van der Waals surface area contributed by atoms with Gasteiger partial charge < -0.3 is 66.1 Å². The van der Waals surface area contributed by atoms with Gasteiger partial charge in [-0.1, -0.05) is 67.1 Å². The lowest BCUT2D eigenvalue weighted by Crippen LogP contribution is -2.51. The standard InChI is InChI=1S/C58H79N13O14/c1-2-67-31-32-68(54(67)45-14-6-8-17-49(45)73)33-34-70(36-42-13-5-7-16-48(42)72)58(84)61-26-12-29-71-37-43(64-65-71)40-85-44-21-19-41(20-22-44)35-66(38-50-59-27-30-69(50)39-53(77)78)28-11-3-4-18-51(74)60-25-10-9-15-46(55(79)80)62-57(83)63-47(56(81)82)23-24-52(75)76/h5-8,13-14,16-17,19-22,27,30,37,46-47,54,72-73H,2-4,9-12,15,18,23-26,28-29,31-36,38-40H2,1H3,(H,60,74)(H,61,84)(H,75,76)(H,77,78)(H,79,80)(H,81,82)(H2,62,63,83). The number of aromatic hydroxyl groups is 2. The highest BCUT2D eigenvalue weighted by Crippen LogP contribution is 2.35. The molecule has 27 nitrogen and oxygen atoms in total. The molecule has 5 amide bonds. The van der Waals surface area contributed by atoms with Crippen LogP contribution >= 0.6 is 0 Å². The number of benzene rings is 3. The third-order valence-electron chi connectivity index (χ3n) is 14.4. The molecule has 2 aromatic heterocycles. The molecule has 3 unspecified atom stereocenters. The van der Waals surface area contributed by atoms with Crippen LogP contribution < -0.4 is 26.0 Å². The first-order chi connectivity index (χ1) is 41.0. The first-order valence-electron chi connectivity index (χ1n) is 28.6. The van der Waals surface area contributed by atoms with Crippen LogP contribution in [0.15, 0.2) is 91.4 Å². The molecule has 27 heteroatoms. The number of unbranched alkanes of at least 4 members (excludes halogenated alkanes) is 3. The molecule has 6 rings (SSSR count). The van der Waals surface area contributed by atoms with Gasteiger partial charge in [0.1, 0.15) is 54.0 Å². The number of urea groups is 2. The summed E-state index contributed by atoms with van der Waals surface area (Å²) in [5.74, 6) is -3.65. The Morgan fingerprint density at radius 3 is 2.12 bits per heavy atom. The first-order valence-corrected chi connectivity index (χ1v) is 28.6. The van der Waals surface area contributed by atoms with E-state index in [2.05, 4.69) is 58.2 Å². The Morgan fingerprint density at radius 2 is 1.41 bits per heavy atom. The summed E-state index contributed by atoms with van der Waals surface area (Å²) in [5, 5.41) is 77.2. The number of imidazole rings is 1. The lowest BCUT2D eigenvalue weighted by molar-refractivity contribution is -0.141. The van der Waals surface area contributed by atoms with Crippen LogP contribution in [0.25, 0.3) is 0 Å². The van der Waals surface area contributed by atoms with Crippen molar-refractivity contribution in [1.29, 1.82) is 0 Å². The van der Waals surface area contributed by atoms with E-state index in [1.807, 2.05) is 42.5 Å². The van der Waals surface area contributed by atoms with E-state index in [0.29, 0.717) is 94.3 Å². The van der Waals surface area contributed by atoms with Crippen molar-refractivity contribution in [3.05, 3.63) is 120 Å². The Balaban J connectivity index is 0.912. The van der Waals surface area contributed by atoms with Gasteiger partial charge in [0.2, 0.25) is 5.91 Å². The van der Waals surface area contributed by atoms with Crippen LogP contribution in [0.3, 0.4) is 0 Å². The van der Waals surface area contributed by atoms with Crippen molar-refractivity contribution in [3.63, 3.8) is 0 Å². The lowest BCUT2D eigenvalue weighted by Gasteiger charge is -2.32. The van der Waals surface area contributed by atoms with E-state index in [9.17, 15) is 59.1 Å². The number of hydrogen-bond donors (Lipinski definition) is 10. The number of aromatic nitrogens is 5. The number of hydrogen-bond acceptors (Lipinski definition) is 16. The molecule has 0 radical (unpaired) electrons. The number of carbonyl (C=O) groups is 7. The van der Waals surface area contributed by atoms with Crippen LogP contribution in [0.5, 0.6) is 17.2 Å². The second-order valence-electron chi connectivity index (χ2n) is 20.7. The average Bonchev–Trinajstić information content (AvgIpc) is 3.51. The van der Waals surface area contributed by atoms with Crippen LogP contribution in [0, 0.1) is 0 Å². The van der Waals surface area contributed by atoms with Gasteiger partial charge in [0.15, 0.2) is 0 Å². The molecule has 1 aliphatic rings. The van der Waals surface area contributed by atoms with Crippen molar-refractivity contribution >= 4 is 41.8 Å². The summed E-state index contributed by atoms with van der Waals surface area (Å²) >= 11 is 0. The summed E-state index contributed by atoms with van der Waals surface area (Å²) in [6.45, 7) is 8.21. The van der Waals surface area contributed by atoms with E-state index in [1.54, 1.807) is 63.1 Å². The average molecular weight is 1180 g/mol. The monoisotopic (exact) mass is 1180 g/mol. The number of aliphatic carboxylic acids is 4. The van der Waals surface area contributed by atoms with Crippen molar-refractivity contribution in [2.45, 2.75) is 129 Å². The van der Waals surface area contributed by atoms with E-state index < -0.39 is 48.4 Å². The van der Waals surface area contributed by atoms with Gasteiger partial charge in [0, 0.05) is 88.7 Å². The molecule has 1 fully saturated rings. The summed E-state index contributed by atoms with van der Waals surface area (Å²) in [7, 11) is 0. The van der Waals surface area contributed by atoms with Gasteiger partial charge in [0.05, 0.1) is 25.5 Å². The van der Waals surface area contributed by atoms with Gasteiger partial charge in [-0.3, -0.25) is 33.8 Å². The molecule has 0 spiro atoms. The van der Waals surface area contributed by atoms with Crippen molar-refractivity contribution in [1.82, 2.24) is 65.4 Å². The highest BCUT2D eigenvalue weighted by atomic mass is 16.5. The predicted molar refractivity (Wildman–Crippen MR) is 308 cm³/mol. The molecule has 1 aliphatic heterocycles. The zero-order chi connectivity index (χ0) is 61.1. The minimum atomic E-state index is -1.51. The highest BCUT2D eigenvalue weighted by Gasteiger charge is 2.34. The number of amides is 5. The van der Waals surface area contributed by atoms with Crippen LogP contribution in [0.1, 0.15) is 106 Å². The fourth-order valence-electron chi connectivity index (χ4n) is 9.84. The molecule has 3 heterocycles. The Hall–Kier alpha value is -8.82. The number of nitrogens with zero attached hydrogens (tertiary/aromatic N) is 9. The molecule has 5 aromatic rings. The summed E-state index contributed by atoms with van der Waals surface area (Å²) in [6, 6.07) is 17.8. The fraction of sp³-hybridized carbons (Fsp3) is 0.483.